The van der Waals surface area contributed by atoms with E-state index in [1.807, 2.05) is 18.2 Å². The Hall–Kier alpha value is -1.55. The van der Waals surface area contributed by atoms with Crippen LogP contribution in [0.4, 0.5) is 0 Å². The molecule has 31 heavy (non-hydrogen) atoms. The number of fused-ring (bicyclic) bond motifs is 1. The first-order valence-corrected chi connectivity index (χ1v) is 12.6. The van der Waals surface area contributed by atoms with E-state index in [1.54, 1.807) is 0 Å². The van der Waals surface area contributed by atoms with Gasteiger partial charge < -0.3 is 24.0 Å². The molecule has 1 aromatic heterocycles. The molecule has 5 aromatic rings. The average molecular weight is 661 g/mol. The Balaban J connectivity index is 0.000000194. The van der Waals surface area contributed by atoms with Crippen molar-refractivity contribution in [3.8, 4) is 0 Å². The van der Waals surface area contributed by atoms with Crippen molar-refractivity contribution in [2.75, 3.05) is 0 Å². The number of hydrogen-bond acceptors (Lipinski definition) is 3. The van der Waals surface area contributed by atoms with Crippen molar-refractivity contribution in [2.24, 2.45) is 0 Å². The van der Waals surface area contributed by atoms with Gasteiger partial charge in [0.05, 0.1) is 13.4 Å². The van der Waals surface area contributed by atoms with Crippen molar-refractivity contribution in [3.63, 3.8) is 0 Å². The molecule has 0 atom stereocenters. The second kappa shape index (κ2) is 11.9. The fourth-order valence-corrected chi connectivity index (χ4v) is 6.98. The van der Waals surface area contributed by atoms with Crippen LogP contribution in [0.15, 0.2) is 114 Å². The van der Waals surface area contributed by atoms with E-state index in [4.69, 9.17) is 24.2 Å². The predicted octanol–water partition coefficient (Wildman–Crippen LogP) is 6.03. The molecule has 0 saturated heterocycles. The fraction of sp³-hybridized carbons (Fsp3) is 0. The first kappa shape index (κ1) is 24.1. The van der Waals surface area contributed by atoms with Crippen molar-refractivity contribution < 1.29 is 22.4 Å². The largest absolute Gasteiger partial charge is 1.00 e. The van der Waals surface area contributed by atoms with Crippen molar-refractivity contribution in [3.05, 3.63) is 114 Å². The molecule has 1 nitrogen and oxygen atoms in total. The maximum Gasteiger partial charge on any atom is 1.00 e. The molecule has 0 aliphatic rings. The topological polar surface area (TPSA) is 12.9 Å². The van der Waals surface area contributed by atoms with Gasteiger partial charge in [-0.3, -0.25) is 4.98 Å². The van der Waals surface area contributed by atoms with Crippen LogP contribution in [0.2, 0.25) is 5.02 Å². The molecule has 0 fully saturated rings. The Bertz CT molecular complexity index is 1120. The van der Waals surface area contributed by atoms with E-state index in [0.29, 0.717) is 9.36 Å². The van der Waals surface area contributed by atoms with Gasteiger partial charge in [-0.05, 0) is 57.6 Å². The molecule has 6 heteroatoms. The molecule has 0 unspecified atom stereocenters. The van der Waals surface area contributed by atoms with Crippen LogP contribution in [-0.2, 0) is 35.0 Å². The second-order valence-corrected chi connectivity index (χ2v) is 11.2. The van der Waals surface area contributed by atoms with E-state index in [0.717, 1.165) is 10.2 Å². The summed E-state index contributed by atoms with van der Waals surface area (Å²) in [7, 11) is -0.877. The molecule has 0 bridgehead atoms. The van der Waals surface area contributed by atoms with Crippen molar-refractivity contribution in [2.45, 2.75) is 4.34 Å². The van der Waals surface area contributed by atoms with Crippen LogP contribution >= 0.6 is 30.9 Å². The number of hydrogen-bond donors (Lipinski definition) is 0. The molecule has 5 rings (SSSR count). The smallest absolute Gasteiger partial charge is 0.408 e. The molecule has 0 aliphatic carbocycles. The minimum Gasteiger partial charge on any atom is -0.408 e. The Morgan fingerprint density at radius 3 is 1.58 bits per heavy atom. The molecular formula is C25H19AuClNPS2+. The standard InChI is InChI=1S/C18H15P.C7H4ClNS2.Au/c1-4-10-16(11-5-1)19(17-12-6-2-7-13-17)18-14-8-3-9-15-18;8-4-1-2-6-5(3-4)9-7(10)11-6;/h1-15H;1-3H,(H,9,10);/q;;+1. The summed E-state index contributed by atoms with van der Waals surface area (Å²) in [6, 6.07) is 38.1. The third-order valence-corrected chi connectivity index (χ3v) is 8.66. The van der Waals surface area contributed by atoms with Gasteiger partial charge in [-0.15, -0.1) is 0 Å². The van der Waals surface area contributed by atoms with E-state index in [2.05, 4.69) is 96.0 Å². The third kappa shape index (κ3) is 6.47. The maximum atomic E-state index is 5.76. The van der Waals surface area contributed by atoms with Gasteiger partial charge in [0.1, 0.15) is 15.9 Å². The summed E-state index contributed by atoms with van der Waals surface area (Å²) in [5.41, 5.74) is 0.896. The summed E-state index contributed by atoms with van der Waals surface area (Å²) in [4.78, 5) is 4.12. The molecule has 0 saturated carbocycles. The van der Waals surface area contributed by atoms with E-state index in [1.165, 1.54) is 27.3 Å². The van der Waals surface area contributed by atoms with Gasteiger partial charge in [-0.2, -0.15) is 0 Å². The number of thiazole rings is 1. The van der Waals surface area contributed by atoms with E-state index in [-0.39, 0.29) is 22.4 Å². The zero-order chi connectivity index (χ0) is 20.8. The quantitative estimate of drug-likeness (QED) is 0.133. The average Bonchev–Trinajstić information content (AvgIpc) is 3.16. The normalized spacial score (nSPS) is 10.3. The first-order chi connectivity index (χ1) is 14.7. The summed E-state index contributed by atoms with van der Waals surface area (Å²) < 4.78 is 1.77. The number of nitrogens with zero attached hydrogens (tertiary/aromatic N) is 1. The Labute approximate surface area is 214 Å². The molecule has 0 amide bonds. The monoisotopic (exact) mass is 660 g/mol. The van der Waals surface area contributed by atoms with Crippen LogP contribution in [0.25, 0.3) is 10.2 Å². The summed E-state index contributed by atoms with van der Waals surface area (Å²) in [5.74, 6) is 0. The van der Waals surface area contributed by atoms with Crippen molar-refractivity contribution >= 4 is 69.6 Å². The molecular weight excluding hydrogens is 642 g/mol. The molecule has 0 spiro atoms. The van der Waals surface area contributed by atoms with Gasteiger partial charge in [0, 0.05) is 5.02 Å². The van der Waals surface area contributed by atoms with Crippen LogP contribution in [0, 0.1) is 0 Å². The third-order valence-electron chi connectivity index (χ3n) is 4.52. The van der Waals surface area contributed by atoms with E-state index < -0.39 is 7.92 Å². The van der Waals surface area contributed by atoms with Crippen LogP contribution in [-0.4, -0.2) is 4.98 Å². The summed E-state index contributed by atoms with van der Waals surface area (Å²) in [6.45, 7) is 0. The molecule has 4 aromatic carbocycles. The molecule has 0 N–H and O–H groups in total. The zero-order valence-corrected chi connectivity index (χ0v) is 21.9. The zero-order valence-electron chi connectivity index (χ0n) is 16.3. The Morgan fingerprint density at radius 2 is 1.13 bits per heavy atom. The Morgan fingerprint density at radius 1 is 0.677 bits per heavy atom. The fourth-order valence-electron chi connectivity index (χ4n) is 3.19. The minimum absolute atomic E-state index is 0. The van der Waals surface area contributed by atoms with E-state index >= 15 is 0 Å². The Kier molecular flexibility index (Phi) is 9.25. The van der Waals surface area contributed by atoms with Crippen LogP contribution < -0.4 is 15.9 Å². The SMILES string of the molecule is [Au+].[S-]c1nc2cc(Cl)ccc2s1.c1ccc([PH+](c2ccccc2)c2ccccc2)cc1. The van der Waals surface area contributed by atoms with Crippen LogP contribution in [0.3, 0.4) is 0 Å². The van der Waals surface area contributed by atoms with Gasteiger partial charge in [0.25, 0.3) is 0 Å². The van der Waals surface area contributed by atoms with Gasteiger partial charge in [-0.1, -0.05) is 72.3 Å². The van der Waals surface area contributed by atoms with Gasteiger partial charge in [0.2, 0.25) is 0 Å². The number of aromatic nitrogens is 1. The van der Waals surface area contributed by atoms with Crippen LogP contribution in [0.5, 0.6) is 0 Å². The molecule has 158 valence electrons. The molecule has 1 heterocycles. The van der Waals surface area contributed by atoms with Crippen LogP contribution in [0.1, 0.15) is 0 Å². The van der Waals surface area contributed by atoms with Gasteiger partial charge in [0.15, 0.2) is 0 Å². The van der Waals surface area contributed by atoms with Gasteiger partial charge in [-0.25, -0.2) is 0 Å². The summed E-state index contributed by atoms with van der Waals surface area (Å²) in [5, 5.41) is 5.01. The minimum atomic E-state index is -0.877. The number of benzene rings is 4. The van der Waals surface area contributed by atoms with Gasteiger partial charge >= 0.3 is 22.4 Å². The summed E-state index contributed by atoms with van der Waals surface area (Å²) >= 11 is 12.2. The van der Waals surface area contributed by atoms with Crippen molar-refractivity contribution in [1.82, 2.24) is 4.98 Å². The number of halogens is 1. The molecule has 0 radical (unpaired) electrons. The van der Waals surface area contributed by atoms with E-state index in [9.17, 15) is 0 Å². The predicted molar refractivity (Wildman–Crippen MR) is 137 cm³/mol. The first-order valence-electron chi connectivity index (χ1n) is 9.47. The van der Waals surface area contributed by atoms with Crippen molar-refractivity contribution in [1.29, 1.82) is 0 Å². The second-order valence-electron chi connectivity index (χ2n) is 6.56. The summed E-state index contributed by atoms with van der Waals surface area (Å²) in [6.07, 6.45) is 0. The molecule has 0 aliphatic heterocycles. The number of rotatable bonds is 3. The maximum absolute atomic E-state index is 5.76.